The summed E-state index contributed by atoms with van der Waals surface area (Å²) in [7, 11) is 1.80. The van der Waals surface area contributed by atoms with Gasteiger partial charge in [0.1, 0.15) is 5.82 Å². The van der Waals surface area contributed by atoms with Crippen molar-refractivity contribution in [1.29, 1.82) is 0 Å². The van der Waals surface area contributed by atoms with Crippen molar-refractivity contribution in [2.24, 2.45) is 0 Å². The molecule has 3 rings (SSSR count). The van der Waals surface area contributed by atoms with Crippen LogP contribution in [0.15, 0.2) is 39.2 Å². The first kappa shape index (κ1) is 14.0. The van der Waals surface area contributed by atoms with Crippen LogP contribution in [0.5, 0.6) is 0 Å². The predicted octanol–water partition coefficient (Wildman–Crippen LogP) is 3.67. The summed E-state index contributed by atoms with van der Waals surface area (Å²) in [5.41, 5.74) is 0.412. The maximum atomic E-state index is 13.7. The van der Waals surface area contributed by atoms with Crippen molar-refractivity contribution in [3.63, 3.8) is 0 Å². The van der Waals surface area contributed by atoms with E-state index < -0.39 is 0 Å². The number of nitrogens with zero attached hydrogens (tertiary/aromatic N) is 3. The van der Waals surface area contributed by atoms with Crippen LogP contribution in [-0.4, -0.2) is 22.2 Å². The number of benzene rings is 1. The monoisotopic (exact) mass is 322 g/mol. The summed E-state index contributed by atoms with van der Waals surface area (Å²) in [6, 6.07) is 6.46. The van der Waals surface area contributed by atoms with Crippen molar-refractivity contribution in [3.05, 3.63) is 42.2 Å². The Balaban J connectivity index is 1.69. The van der Waals surface area contributed by atoms with Crippen molar-refractivity contribution >= 4 is 28.2 Å². The number of hydrogen-bond acceptors (Lipinski definition) is 7. The molecule has 108 valence electrons. The van der Waals surface area contributed by atoms with Crippen LogP contribution in [0.4, 0.5) is 9.52 Å². The summed E-state index contributed by atoms with van der Waals surface area (Å²) in [5.74, 6) is 1.15. The largest absolute Gasteiger partial charge is 0.440 e. The summed E-state index contributed by atoms with van der Waals surface area (Å²) in [6.07, 6.45) is 1.54. The van der Waals surface area contributed by atoms with Gasteiger partial charge in [0.25, 0.3) is 0 Å². The summed E-state index contributed by atoms with van der Waals surface area (Å²) in [5, 5.41) is 11.7. The minimum absolute atomic E-state index is 0.323. The van der Waals surface area contributed by atoms with Crippen molar-refractivity contribution in [3.8, 4) is 11.3 Å². The van der Waals surface area contributed by atoms with Gasteiger partial charge in [0.05, 0.1) is 17.5 Å². The highest BCUT2D eigenvalue weighted by molar-refractivity contribution is 8.00. The molecule has 0 bridgehead atoms. The zero-order chi connectivity index (χ0) is 14.7. The number of rotatable bonds is 5. The van der Waals surface area contributed by atoms with Gasteiger partial charge in [-0.15, -0.1) is 10.2 Å². The van der Waals surface area contributed by atoms with E-state index in [-0.39, 0.29) is 5.82 Å². The Morgan fingerprint density at radius 2 is 2.19 bits per heavy atom. The second-order valence-electron chi connectivity index (χ2n) is 4.01. The number of halogens is 1. The number of aromatic nitrogens is 3. The molecule has 2 heterocycles. The summed E-state index contributed by atoms with van der Waals surface area (Å²) >= 11 is 2.94. The van der Waals surface area contributed by atoms with E-state index in [1.807, 2.05) is 0 Å². The Morgan fingerprint density at radius 1 is 1.33 bits per heavy atom. The summed E-state index contributed by atoms with van der Waals surface area (Å²) in [6.45, 7) is 0. The first-order chi connectivity index (χ1) is 10.3. The minimum Gasteiger partial charge on any atom is -0.440 e. The van der Waals surface area contributed by atoms with Crippen molar-refractivity contribution < 1.29 is 8.81 Å². The maximum absolute atomic E-state index is 13.7. The van der Waals surface area contributed by atoms with Crippen molar-refractivity contribution in [2.75, 3.05) is 12.4 Å². The molecule has 0 amide bonds. The first-order valence-electron chi connectivity index (χ1n) is 6.10. The Labute approximate surface area is 128 Å². The van der Waals surface area contributed by atoms with Gasteiger partial charge in [0, 0.05) is 7.05 Å². The Bertz CT molecular complexity index is 743. The molecule has 0 saturated carbocycles. The highest BCUT2D eigenvalue weighted by Gasteiger charge is 2.11. The molecular formula is C13H11FN4OS2. The smallest absolute Gasteiger partial charge is 0.206 e. The molecule has 0 unspecified atom stereocenters. The summed E-state index contributed by atoms with van der Waals surface area (Å²) < 4.78 is 20.1. The molecule has 1 aromatic carbocycles. The van der Waals surface area contributed by atoms with Gasteiger partial charge < -0.3 is 9.73 Å². The van der Waals surface area contributed by atoms with Crippen LogP contribution >= 0.6 is 23.1 Å². The van der Waals surface area contributed by atoms with Crippen LogP contribution in [0.25, 0.3) is 11.3 Å². The molecule has 0 fully saturated rings. The molecule has 8 heteroatoms. The standard InChI is InChI=1S/C13H11FN4OS2/c1-15-12-17-18-13(21-12)20-7-11-16-6-10(19-11)8-4-2-3-5-9(8)14/h2-6H,7H2,1H3,(H,15,17). The summed E-state index contributed by atoms with van der Waals surface area (Å²) in [4.78, 5) is 4.16. The molecule has 0 radical (unpaired) electrons. The normalized spacial score (nSPS) is 10.8. The third-order valence-electron chi connectivity index (χ3n) is 2.63. The van der Waals surface area contributed by atoms with Gasteiger partial charge in [-0.3, -0.25) is 0 Å². The number of anilines is 1. The highest BCUT2D eigenvalue weighted by Crippen LogP contribution is 2.29. The van der Waals surface area contributed by atoms with Gasteiger partial charge in [-0.1, -0.05) is 35.2 Å². The molecule has 0 aliphatic carbocycles. The Morgan fingerprint density at radius 3 is 2.95 bits per heavy atom. The second-order valence-corrected chi connectivity index (χ2v) is 6.21. The van der Waals surface area contributed by atoms with Crippen LogP contribution < -0.4 is 5.32 Å². The number of thioether (sulfide) groups is 1. The van der Waals surface area contributed by atoms with Crippen LogP contribution in [-0.2, 0) is 5.75 Å². The fourth-order valence-corrected chi connectivity index (χ4v) is 3.21. The zero-order valence-corrected chi connectivity index (χ0v) is 12.7. The number of hydrogen-bond donors (Lipinski definition) is 1. The molecule has 0 spiro atoms. The fourth-order valence-electron chi connectivity index (χ4n) is 1.66. The molecular weight excluding hydrogens is 311 g/mol. The molecule has 1 N–H and O–H groups in total. The minimum atomic E-state index is -0.323. The average Bonchev–Trinajstić information content (AvgIpc) is 3.14. The van der Waals surface area contributed by atoms with Crippen LogP contribution in [0.1, 0.15) is 5.89 Å². The van der Waals surface area contributed by atoms with Gasteiger partial charge >= 0.3 is 0 Å². The van der Waals surface area contributed by atoms with E-state index in [9.17, 15) is 4.39 Å². The zero-order valence-electron chi connectivity index (χ0n) is 11.0. The lowest BCUT2D eigenvalue weighted by atomic mass is 10.2. The maximum Gasteiger partial charge on any atom is 0.206 e. The Hall–Kier alpha value is -1.93. The molecule has 0 saturated heterocycles. The van der Waals surface area contributed by atoms with Gasteiger partial charge in [-0.05, 0) is 12.1 Å². The lowest BCUT2D eigenvalue weighted by Gasteiger charge is -1.97. The van der Waals surface area contributed by atoms with E-state index in [0.717, 1.165) is 9.47 Å². The van der Waals surface area contributed by atoms with Gasteiger partial charge in [0.2, 0.25) is 11.0 Å². The van der Waals surface area contributed by atoms with Crippen LogP contribution in [0, 0.1) is 5.82 Å². The topological polar surface area (TPSA) is 63.8 Å². The van der Waals surface area contributed by atoms with Crippen molar-refractivity contribution in [2.45, 2.75) is 10.1 Å². The highest BCUT2D eigenvalue weighted by atomic mass is 32.2. The SMILES string of the molecule is CNc1nnc(SCc2ncc(-c3ccccc3F)o2)s1. The first-order valence-corrected chi connectivity index (χ1v) is 7.90. The van der Waals surface area contributed by atoms with E-state index in [4.69, 9.17) is 4.42 Å². The van der Waals surface area contributed by atoms with Gasteiger partial charge in [0.15, 0.2) is 10.1 Å². The second kappa shape index (κ2) is 6.23. The van der Waals surface area contributed by atoms with Gasteiger partial charge in [-0.2, -0.15) is 0 Å². The molecule has 0 aliphatic rings. The fraction of sp³-hybridized carbons (Fsp3) is 0.154. The Kier molecular flexibility index (Phi) is 4.16. The molecule has 5 nitrogen and oxygen atoms in total. The lowest BCUT2D eigenvalue weighted by molar-refractivity contribution is 0.524. The van der Waals surface area contributed by atoms with E-state index in [2.05, 4.69) is 20.5 Å². The van der Waals surface area contributed by atoms with Crippen LogP contribution in [0.3, 0.4) is 0 Å². The van der Waals surface area contributed by atoms with E-state index in [0.29, 0.717) is 23.0 Å². The third kappa shape index (κ3) is 3.22. The van der Waals surface area contributed by atoms with Crippen LogP contribution in [0.2, 0.25) is 0 Å². The molecule has 0 aliphatic heterocycles. The van der Waals surface area contributed by atoms with E-state index in [1.54, 1.807) is 25.2 Å². The number of nitrogens with one attached hydrogen (secondary N) is 1. The van der Waals surface area contributed by atoms with Crippen molar-refractivity contribution in [1.82, 2.24) is 15.2 Å². The average molecular weight is 322 g/mol. The molecule has 3 aromatic rings. The third-order valence-corrected chi connectivity index (χ3v) is 4.69. The lowest BCUT2D eigenvalue weighted by Crippen LogP contribution is -1.84. The quantitative estimate of drug-likeness (QED) is 0.723. The van der Waals surface area contributed by atoms with E-state index in [1.165, 1.54) is 35.4 Å². The molecule has 0 atom stereocenters. The predicted molar refractivity (Wildman–Crippen MR) is 80.9 cm³/mol. The molecule has 21 heavy (non-hydrogen) atoms. The number of oxazole rings is 1. The van der Waals surface area contributed by atoms with E-state index >= 15 is 0 Å². The molecule has 2 aromatic heterocycles. The van der Waals surface area contributed by atoms with Gasteiger partial charge in [-0.25, -0.2) is 9.37 Å².